The quantitative estimate of drug-likeness (QED) is 0.309. The summed E-state index contributed by atoms with van der Waals surface area (Å²) in [6.45, 7) is 5.25. The Morgan fingerprint density at radius 1 is 1.36 bits per heavy atom. The fourth-order valence-electron chi connectivity index (χ4n) is 0.708. The molecule has 0 rings (SSSR count). The molecule has 0 N–H and O–H groups in total. The third kappa shape index (κ3) is 9.26. The Morgan fingerprint density at radius 3 is 2.73 bits per heavy atom. The van der Waals surface area contributed by atoms with Crippen LogP contribution >= 0.6 is 0 Å². The molecule has 0 heterocycles. The Morgan fingerprint density at radius 2 is 2.09 bits per heavy atom. The minimum absolute atomic E-state index is 0.793. The molecule has 0 amide bonds. The zero-order valence-electron chi connectivity index (χ0n) is 7.01. The van der Waals surface area contributed by atoms with Crippen molar-refractivity contribution >= 4 is 0 Å². The molecule has 62 valence electrons. The molecule has 0 atom stereocenters. The van der Waals surface area contributed by atoms with E-state index in [2.05, 4.69) is 12.5 Å². The molecule has 0 fully saturated rings. The lowest BCUT2D eigenvalue weighted by atomic mass is 10.3. The van der Waals surface area contributed by atoms with Crippen molar-refractivity contribution < 1.29 is 4.74 Å². The molecule has 0 unspecified atom stereocenters. The van der Waals surface area contributed by atoms with E-state index in [0.717, 1.165) is 38.9 Å². The summed E-state index contributed by atoms with van der Waals surface area (Å²) in [6, 6.07) is 0. The summed E-state index contributed by atoms with van der Waals surface area (Å²) < 4.78 is 5.29. The Labute approximate surface area is 69.4 Å². The van der Waals surface area contributed by atoms with E-state index < -0.39 is 0 Å². The average molecular weight is 152 g/mol. The number of unbranched alkanes of at least 4 members (excludes halogenated alkanes) is 2. The first-order valence-electron chi connectivity index (χ1n) is 4.04. The Balaban J connectivity index is 2.80. The lowest BCUT2D eigenvalue weighted by molar-refractivity contribution is 0.131. The first-order chi connectivity index (χ1) is 5.41. The van der Waals surface area contributed by atoms with Crippen LogP contribution in [0.15, 0.2) is 12.7 Å². The van der Waals surface area contributed by atoms with Gasteiger partial charge in [0.1, 0.15) is 0 Å². The largest absolute Gasteiger partial charge is 0.381 e. The Kier molecular flexibility index (Phi) is 8.64. The highest BCUT2D eigenvalue weighted by Crippen LogP contribution is 1.92. The molecule has 0 aliphatic heterocycles. The van der Waals surface area contributed by atoms with Crippen LogP contribution in [-0.4, -0.2) is 13.2 Å². The fourth-order valence-corrected chi connectivity index (χ4v) is 0.708. The van der Waals surface area contributed by atoms with Crippen molar-refractivity contribution in [2.75, 3.05) is 13.2 Å². The van der Waals surface area contributed by atoms with Crippen LogP contribution in [-0.2, 0) is 4.74 Å². The van der Waals surface area contributed by atoms with Gasteiger partial charge < -0.3 is 4.74 Å². The monoisotopic (exact) mass is 152 g/mol. The zero-order valence-corrected chi connectivity index (χ0v) is 7.01. The highest BCUT2D eigenvalue weighted by Gasteiger charge is 1.86. The van der Waals surface area contributed by atoms with Crippen LogP contribution < -0.4 is 0 Å². The molecular weight excluding hydrogens is 136 g/mol. The predicted molar refractivity (Wildman–Crippen MR) is 48.3 cm³/mol. The van der Waals surface area contributed by atoms with Crippen molar-refractivity contribution in [1.82, 2.24) is 0 Å². The minimum Gasteiger partial charge on any atom is -0.381 e. The average Bonchev–Trinajstić information content (AvgIpc) is 2.03. The van der Waals surface area contributed by atoms with Crippen molar-refractivity contribution in [3.8, 4) is 12.3 Å². The number of allylic oxidation sites excluding steroid dienone is 1. The van der Waals surface area contributed by atoms with Gasteiger partial charge in [-0.05, 0) is 19.3 Å². The van der Waals surface area contributed by atoms with Gasteiger partial charge in [0, 0.05) is 19.6 Å². The van der Waals surface area contributed by atoms with E-state index in [1.54, 1.807) is 0 Å². The van der Waals surface area contributed by atoms with Gasteiger partial charge in [-0.15, -0.1) is 18.9 Å². The van der Waals surface area contributed by atoms with Crippen LogP contribution in [0.25, 0.3) is 0 Å². The van der Waals surface area contributed by atoms with E-state index >= 15 is 0 Å². The van der Waals surface area contributed by atoms with Crippen molar-refractivity contribution in [1.29, 1.82) is 0 Å². The predicted octanol–water partition coefficient (Wildman–Crippen LogP) is 2.38. The highest BCUT2D eigenvalue weighted by atomic mass is 16.5. The van der Waals surface area contributed by atoms with Crippen molar-refractivity contribution in [2.24, 2.45) is 0 Å². The lowest BCUT2D eigenvalue weighted by Crippen LogP contribution is -1.95. The van der Waals surface area contributed by atoms with Crippen LogP contribution in [0, 0.1) is 12.3 Å². The third-order valence-corrected chi connectivity index (χ3v) is 1.31. The maximum absolute atomic E-state index is 5.29. The topological polar surface area (TPSA) is 9.23 Å². The molecule has 0 aliphatic carbocycles. The van der Waals surface area contributed by atoms with Crippen molar-refractivity contribution in [2.45, 2.75) is 25.7 Å². The van der Waals surface area contributed by atoms with Crippen molar-refractivity contribution in [3.63, 3.8) is 0 Å². The van der Waals surface area contributed by atoms with Gasteiger partial charge in [-0.2, -0.15) is 0 Å². The summed E-state index contributed by atoms with van der Waals surface area (Å²) in [4.78, 5) is 0. The maximum Gasteiger partial charge on any atom is 0.0475 e. The molecule has 11 heavy (non-hydrogen) atoms. The lowest BCUT2D eigenvalue weighted by Gasteiger charge is -1.99. The van der Waals surface area contributed by atoms with E-state index in [9.17, 15) is 0 Å². The number of hydrogen-bond donors (Lipinski definition) is 0. The SMILES string of the molecule is C#CCCCOCCCC=C. The fraction of sp³-hybridized carbons (Fsp3) is 0.600. The molecular formula is C10H16O. The molecule has 0 radical (unpaired) electrons. The molecule has 1 nitrogen and oxygen atoms in total. The van der Waals surface area contributed by atoms with E-state index in [1.807, 2.05) is 6.08 Å². The molecule has 0 saturated heterocycles. The smallest absolute Gasteiger partial charge is 0.0475 e. The summed E-state index contributed by atoms with van der Waals surface area (Å²) in [6.07, 6.45) is 10.9. The molecule has 0 spiro atoms. The normalized spacial score (nSPS) is 9.00. The summed E-state index contributed by atoms with van der Waals surface area (Å²) in [5, 5.41) is 0. The molecule has 1 heteroatoms. The first-order valence-corrected chi connectivity index (χ1v) is 4.04. The van der Waals surface area contributed by atoms with E-state index in [4.69, 9.17) is 11.2 Å². The molecule has 0 saturated carbocycles. The second-order valence-corrected chi connectivity index (χ2v) is 2.35. The van der Waals surface area contributed by atoms with Gasteiger partial charge in [-0.1, -0.05) is 6.08 Å². The van der Waals surface area contributed by atoms with E-state index in [0.29, 0.717) is 0 Å². The molecule has 0 bridgehead atoms. The first kappa shape index (κ1) is 10.3. The minimum atomic E-state index is 0.793. The van der Waals surface area contributed by atoms with Gasteiger partial charge in [0.2, 0.25) is 0 Å². The number of hydrogen-bond acceptors (Lipinski definition) is 1. The summed E-state index contributed by atoms with van der Waals surface area (Å²) in [5.41, 5.74) is 0. The van der Waals surface area contributed by atoms with Crippen LogP contribution in [0.5, 0.6) is 0 Å². The Hall–Kier alpha value is -0.740. The van der Waals surface area contributed by atoms with Crippen LogP contribution in [0.1, 0.15) is 25.7 Å². The van der Waals surface area contributed by atoms with Crippen LogP contribution in [0.2, 0.25) is 0 Å². The van der Waals surface area contributed by atoms with E-state index in [1.165, 1.54) is 0 Å². The van der Waals surface area contributed by atoms with Crippen LogP contribution in [0.3, 0.4) is 0 Å². The van der Waals surface area contributed by atoms with Gasteiger partial charge >= 0.3 is 0 Å². The second kappa shape index (κ2) is 9.26. The van der Waals surface area contributed by atoms with Crippen LogP contribution in [0.4, 0.5) is 0 Å². The molecule has 0 aromatic carbocycles. The number of rotatable bonds is 7. The Bertz CT molecular complexity index is 121. The van der Waals surface area contributed by atoms with Gasteiger partial charge in [-0.25, -0.2) is 0 Å². The molecule has 0 aliphatic rings. The maximum atomic E-state index is 5.29. The second-order valence-electron chi connectivity index (χ2n) is 2.35. The summed E-state index contributed by atoms with van der Waals surface area (Å²) >= 11 is 0. The molecule has 0 aromatic rings. The van der Waals surface area contributed by atoms with E-state index in [-0.39, 0.29) is 0 Å². The van der Waals surface area contributed by atoms with Gasteiger partial charge in [0.15, 0.2) is 0 Å². The zero-order chi connectivity index (χ0) is 8.36. The van der Waals surface area contributed by atoms with Gasteiger partial charge in [-0.3, -0.25) is 0 Å². The van der Waals surface area contributed by atoms with Gasteiger partial charge in [0.05, 0.1) is 0 Å². The number of ether oxygens (including phenoxy) is 1. The number of terminal acetylenes is 1. The summed E-state index contributed by atoms with van der Waals surface area (Å²) in [7, 11) is 0. The van der Waals surface area contributed by atoms with Gasteiger partial charge in [0.25, 0.3) is 0 Å². The molecule has 0 aromatic heterocycles. The standard InChI is InChI=1S/C10H16O/c1-3-5-7-9-11-10-8-6-4-2/h1,4H,2,5-10H2. The highest BCUT2D eigenvalue weighted by molar-refractivity contribution is 4.82. The van der Waals surface area contributed by atoms with Crippen molar-refractivity contribution in [3.05, 3.63) is 12.7 Å². The third-order valence-electron chi connectivity index (χ3n) is 1.31. The summed E-state index contributed by atoms with van der Waals surface area (Å²) in [5.74, 6) is 2.57.